The molecule has 0 bridgehead atoms. The fraction of sp³-hybridized carbons (Fsp3) is 0.900. The van der Waals surface area contributed by atoms with Crippen molar-refractivity contribution in [3.63, 3.8) is 0 Å². The average molecular weight is 219 g/mol. The van der Waals surface area contributed by atoms with Gasteiger partial charge in [-0.2, -0.15) is 11.8 Å². The van der Waals surface area contributed by atoms with Crippen LogP contribution in [0.1, 0.15) is 27.2 Å². The third-order valence-corrected chi connectivity index (χ3v) is 2.63. The molecule has 0 spiro atoms. The van der Waals surface area contributed by atoms with Crippen LogP contribution in [0.3, 0.4) is 0 Å². The summed E-state index contributed by atoms with van der Waals surface area (Å²) in [4.78, 5) is 11.3. The number of hydrogen-bond donors (Lipinski definition) is 2. The number of nitrogens with one attached hydrogen (secondary N) is 1. The molecule has 0 rings (SSSR count). The van der Waals surface area contributed by atoms with Gasteiger partial charge in [-0.1, -0.05) is 13.8 Å². The molecule has 4 heteroatoms. The number of amides is 1. The minimum absolute atomic E-state index is 0.0152. The van der Waals surface area contributed by atoms with E-state index >= 15 is 0 Å². The van der Waals surface area contributed by atoms with Gasteiger partial charge in [-0.25, -0.2) is 0 Å². The number of rotatable bonds is 6. The lowest BCUT2D eigenvalue weighted by Crippen LogP contribution is -2.42. The van der Waals surface area contributed by atoms with Crippen LogP contribution in [0.5, 0.6) is 0 Å². The van der Waals surface area contributed by atoms with E-state index in [0.717, 1.165) is 0 Å². The molecule has 0 aromatic rings. The Bertz CT molecular complexity index is 181. The van der Waals surface area contributed by atoms with Gasteiger partial charge in [0.2, 0.25) is 5.91 Å². The third-order valence-electron chi connectivity index (χ3n) is 1.72. The van der Waals surface area contributed by atoms with Crippen LogP contribution in [-0.4, -0.2) is 35.2 Å². The molecule has 0 saturated heterocycles. The lowest BCUT2D eigenvalue weighted by molar-refractivity contribution is -0.122. The molecule has 0 radical (unpaired) electrons. The molecule has 1 unspecified atom stereocenters. The molecule has 1 amide bonds. The van der Waals surface area contributed by atoms with Crippen molar-refractivity contribution < 1.29 is 9.90 Å². The molecule has 1 atom stereocenters. The Labute approximate surface area is 90.7 Å². The van der Waals surface area contributed by atoms with Crippen molar-refractivity contribution in [3.05, 3.63) is 0 Å². The van der Waals surface area contributed by atoms with E-state index in [9.17, 15) is 9.90 Å². The zero-order valence-corrected chi connectivity index (χ0v) is 10.3. The highest BCUT2D eigenvalue weighted by atomic mass is 32.2. The second-order valence-electron chi connectivity index (χ2n) is 4.30. The summed E-state index contributed by atoms with van der Waals surface area (Å²) in [5.41, 5.74) is -0.800. The maximum atomic E-state index is 11.3. The highest BCUT2D eigenvalue weighted by Gasteiger charge is 2.20. The Hall–Kier alpha value is -0.220. The first-order chi connectivity index (χ1) is 6.37. The van der Waals surface area contributed by atoms with Crippen LogP contribution < -0.4 is 5.32 Å². The highest BCUT2D eigenvalue weighted by Crippen LogP contribution is 2.09. The summed E-state index contributed by atoms with van der Waals surface area (Å²) in [7, 11) is 0. The van der Waals surface area contributed by atoms with Gasteiger partial charge in [-0.05, 0) is 19.1 Å². The zero-order valence-electron chi connectivity index (χ0n) is 9.46. The first-order valence-corrected chi connectivity index (χ1v) is 6.25. The van der Waals surface area contributed by atoms with Crippen molar-refractivity contribution in [2.75, 3.05) is 18.6 Å². The molecule has 0 saturated carbocycles. The Morgan fingerprint density at radius 2 is 2.14 bits per heavy atom. The predicted octanol–water partition coefficient (Wildman–Crippen LogP) is 1.26. The van der Waals surface area contributed by atoms with Crippen LogP contribution in [0.15, 0.2) is 0 Å². The van der Waals surface area contributed by atoms with Crippen LogP contribution in [-0.2, 0) is 4.79 Å². The summed E-state index contributed by atoms with van der Waals surface area (Å²) in [6.07, 6.45) is 2.46. The Balaban J connectivity index is 3.75. The Morgan fingerprint density at radius 1 is 1.57 bits per heavy atom. The maximum absolute atomic E-state index is 11.3. The van der Waals surface area contributed by atoms with Gasteiger partial charge in [0, 0.05) is 18.7 Å². The second kappa shape index (κ2) is 6.30. The number of hydrogen-bond acceptors (Lipinski definition) is 3. The van der Waals surface area contributed by atoms with Gasteiger partial charge in [-0.3, -0.25) is 4.79 Å². The number of aliphatic hydroxyl groups is 1. The minimum atomic E-state index is -0.800. The van der Waals surface area contributed by atoms with E-state index in [4.69, 9.17) is 0 Å². The van der Waals surface area contributed by atoms with E-state index in [1.54, 1.807) is 18.7 Å². The Morgan fingerprint density at radius 3 is 2.57 bits per heavy atom. The fourth-order valence-corrected chi connectivity index (χ4v) is 1.82. The smallest absolute Gasteiger partial charge is 0.220 e. The molecule has 0 heterocycles. The predicted molar refractivity (Wildman–Crippen MR) is 61.5 cm³/mol. The Kier molecular flexibility index (Phi) is 6.20. The molecule has 0 aliphatic heterocycles. The van der Waals surface area contributed by atoms with Gasteiger partial charge < -0.3 is 10.4 Å². The SMILES string of the molecule is CSCC(C)(O)CNC(=O)CC(C)C. The summed E-state index contributed by atoms with van der Waals surface area (Å²) in [5, 5.41) is 12.5. The maximum Gasteiger partial charge on any atom is 0.220 e. The molecular formula is C10H21NO2S. The quantitative estimate of drug-likeness (QED) is 0.707. The molecule has 0 aliphatic carbocycles. The molecule has 84 valence electrons. The van der Waals surface area contributed by atoms with Crippen LogP contribution in [0.4, 0.5) is 0 Å². The van der Waals surface area contributed by atoms with E-state index in [0.29, 0.717) is 24.6 Å². The molecule has 3 nitrogen and oxygen atoms in total. The molecule has 14 heavy (non-hydrogen) atoms. The summed E-state index contributed by atoms with van der Waals surface area (Å²) in [6.45, 7) is 6.07. The number of carbonyl (C=O) groups is 1. The zero-order chi connectivity index (χ0) is 11.2. The normalized spacial score (nSPS) is 15.3. The molecule has 0 aromatic carbocycles. The fourth-order valence-electron chi connectivity index (χ4n) is 1.09. The van der Waals surface area contributed by atoms with E-state index in [2.05, 4.69) is 5.32 Å². The van der Waals surface area contributed by atoms with E-state index in [-0.39, 0.29) is 5.91 Å². The summed E-state index contributed by atoms with van der Waals surface area (Å²) >= 11 is 1.57. The summed E-state index contributed by atoms with van der Waals surface area (Å²) in [5.74, 6) is 1.01. The van der Waals surface area contributed by atoms with Crippen LogP contribution in [0.25, 0.3) is 0 Å². The molecule has 0 aliphatic rings. The lowest BCUT2D eigenvalue weighted by Gasteiger charge is -2.22. The third kappa shape index (κ3) is 7.21. The molecule has 0 fully saturated rings. The number of carbonyl (C=O) groups excluding carboxylic acids is 1. The van der Waals surface area contributed by atoms with E-state index < -0.39 is 5.60 Å². The van der Waals surface area contributed by atoms with Crippen molar-refractivity contribution in [3.8, 4) is 0 Å². The van der Waals surface area contributed by atoms with E-state index in [1.807, 2.05) is 20.1 Å². The van der Waals surface area contributed by atoms with Gasteiger partial charge in [-0.15, -0.1) is 0 Å². The highest BCUT2D eigenvalue weighted by molar-refractivity contribution is 7.98. The van der Waals surface area contributed by atoms with Crippen molar-refractivity contribution in [1.29, 1.82) is 0 Å². The largest absolute Gasteiger partial charge is 0.387 e. The summed E-state index contributed by atoms with van der Waals surface area (Å²) in [6, 6.07) is 0. The van der Waals surface area contributed by atoms with Crippen molar-refractivity contribution in [2.45, 2.75) is 32.8 Å². The number of thioether (sulfide) groups is 1. The minimum Gasteiger partial charge on any atom is -0.387 e. The molecule has 0 aromatic heterocycles. The van der Waals surface area contributed by atoms with Crippen LogP contribution in [0, 0.1) is 5.92 Å². The standard InChI is InChI=1S/C10H21NO2S/c1-8(2)5-9(12)11-6-10(3,13)7-14-4/h8,13H,5-7H2,1-4H3,(H,11,12). The van der Waals surface area contributed by atoms with Crippen molar-refractivity contribution in [2.24, 2.45) is 5.92 Å². The van der Waals surface area contributed by atoms with Gasteiger partial charge in [0.1, 0.15) is 0 Å². The first-order valence-electron chi connectivity index (χ1n) is 4.85. The van der Waals surface area contributed by atoms with Crippen molar-refractivity contribution >= 4 is 17.7 Å². The molecule has 2 N–H and O–H groups in total. The van der Waals surface area contributed by atoms with Crippen molar-refractivity contribution in [1.82, 2.24) is 5.32 Å². The van der Waals surface area contributed by atoms with Gasteiger partial charge in [0.15, 0.2) is 0 Å². The van der Waals surface area contributed by atoms with E-state index in [1.165, 1.54) is 0 Å². The average Bonchev–Trinajstić information content (AvgIpc) is 2.00. The first kappa shape index (κ1) is 13.8. The second-order valence-corrected chi connectivity index (χ2v) is 5.17. The molecular weight excluding hydrogens is 198 g/mol. The summed E-state index contributed by atoms with van der Waals surface area (Å²) < 4.78 is 0. The lowest BCUT2D eigenvalue weighted by atomic mass is 10.1. The topological polar surface area (TPSA) is 49.3 Å². The monoisotopic (exact) mass is 219 g/mol. The van der Waals surface area contributed by atoms with Gasteiger partial charge in [0.25, 0.3) is 0 Å². The van der Waals surface area contributed by atoms with Crippen LogP contribution in [0.2, 0.25) is 0 Å². The van der Waals surface area contributed by atoms with Gasteiger partial charge in [0.05, 0.1) is 5.60 Å². The van der Waals surface area contributed by atoms with Gasteiger partial charge >= 0.3 is 0 Å². The van der Waals surface area contributed by atoms with Crippen LogP contribution >= 0.6 is 11.8 Å².